The van der Waals surface area contributed by atoms with Gasteiger partial charge in [0.25, 0.3) is 0 Å². The van der Waals surface area contributed by atoms with Gasteiger partial charge in [-0.15, -0.1) is 11.3 Å². The number of carbonyl (C=O) groups is 1. The van der Waals surface area contributed by atoms with Crippen LogP contribution in [0.5, 0.6) is 0 Å². The number of ketones is 1. The van der Waals surface area contributed by atoms with Crippen LogP contribution < -0.4 is 5.32 Å². The van der Waals surface area contributed by atoms with Gasteiger partial charge in [0, 0.05) is 28.3 Å². The molecule has 2 heterocycles. The zero-order chi connectivity index (χ0) is 18.8. The number of rotatable bonds is 1. The maximum Gasteiger partial charge on any atom is 0.162 e. The van der Waals surface area contributed by atoms with Crippen molar-refractivity contribution in [2.24, 2.45) is 5.41 Å². The number of benzene rings is 2. The smallest absolute Gasteiger partial charge is 0.162 e. The molecule has 27 heavy (non-hydrogen) atoms. The molecule has 3 aromatic rings. The van der Waals surface area contributed by atoms with E-state index >= 15 is 0 Å². The minimum absolute atomic E-state index is 0.00626. The minimum Gasteiger partial charge on any atom is -0.358 e. The van der Waals surface area contributed by atoms with E-state index in [1.165, 1.54) is 26.8 Å². The summed E-state index contributed by atoms with van der Waals surface area (Å²) in [4.78, 5) is 14.6. The molecule has 0 fully saturated rings. The first-order chi connectivity index (χ1) is 12.9. The lowest BCUT2D eigenvalue weighted by Crippen LogP contribution is -2.33. The van der Waals surface area contributed by atoms with Gasteiger partial charge < -0.3 is 5.32 Å². The molecule has 0 spiro atoms. The summed E-state index contributed by atoms with van der Waals surface area (Å²) in [5, 5.41) is 8.27. The van der Waals surface area contributed by atoms with Crippen LogP contribution in [0.15, 0.2) is 59.1 Å². The molecule has 2 aliphatic rings. The largest absolute Gasteiger partial charge is 0.358 e. The van der Waals surface area contributed by atoms with Crippen LogP contribution in [0.4, 0.5) is 5.69 Å². The van der Waals surface area contributed by atoms with Gasteiger partial charge >= 0.3 is 0 Å². The molecule has 2 aromatic carbocycles. The minimum atomic E-state index is 0.00626. The van der Waals surface area contributed by atoms with E-state index in [2.05, 4.69) is 73.9 Å². The van der Waals surface area contributed by atoms with Gasteiger partial charge in [-0.1, -0.05) is 44.2 Å². The van der Waals surface area contributed by atoms with Gasteiger partial charge in [0.05, 0.1) is 5.92 Å². The van der Waals surface area contributed by atoms with Crippen molar-refractivity contribution >= 4 is 33.6 Å². The summed E-state index contributed by atoms with van der Waals surface area (Å²) in [6.07, 6.45) is 1.54. The highest BCUT2D eigenvalue weighted by Crippen LogP contribution is 2.52. The van der Waals surface area contributed by atoms with Gasteiger partial charge in [-0.3, -0.25) is 4.79 Å². The Morgan fingerprint density at radius 3 is 2.67 bits per heavy atom. The summed E-state index contributed by atoms with van der Waals surface area (Å²) >= 11 is 1.77. The Morgan fingerprint density at radius 2 is 1.89 bits per heavy atom. The predicted molar refractivity (Wildman–Crippen MR) is 114 cm³/mol. The monoisotopic (exact) mass is 373 g/mol. The van der Waals surface area contributed by atoms with Gasteiger partial charge in [-0.25, -0.2) is 0 Å². The van der Waals surface area contributed by atoms with Crippen LogP contribution in [0.2, 0.25) is 0 Å². The van der Waals surface area contributed by atoms with Crippen molar-refractivity contribution in [1.29, 1.82) is 0 Å². The quantitative estimate of drug-likeness (QED) is 0.534. The lowest BCUT2D eigenvalue weighted by atomic mass is 9.69. The first-order valence-electron chi connectivity index (χ1n) is 9.53. The zero-order valence-electron chi connectivity index (χ0n) is 15.9. The molecule has 0 amide bonds. The number of fused-ring (bicyclic) bond motifs is 3. The number of hydrogen-bond donors (Lipinski definition) is 1. The van der Waals surface area contributed by atoms with E-state index in [-0.39, 0.29) is 11.3 Å². The number of allylic oxidation sites excluding steroid dienone is 2. The fourth-order valence-electron chi connectivity index (χ4n) is 4.75. The van der Waals surface area contributed by atoms with Crippen LogP contribution in [-0.2, 0) is 4.79 Å². The molecule has 1 N–H and O–H groups in total. The molecule has 0 saturated heterocycles. The molecule has 2 nitrogen and oxygen atoms in total. The Bertz CT molecular complexity index is 1120. The molecule has 136 valence electrons. The lowest BCUT2D eigenvalue weighted by molar-refractivity contribution is -0.118. The second kappa shape index (κ2) is 5.80. The van der Waals surface area contributed by atoms with E-state index in [9.17, 15) is 4.79 Å². The summed E-state index contributed by atoms with van der Waals surface area (Å²) in [5.74, 6) is 0.330. The maximum atomic E-state index is 13.3. The van der Waals surface area contributed by atoms with Crippen LogP contribution >= 0.6 is 11.3 Å². The molecule has 0 saturated carbocycles. The van der Waals surface area contributed by atoms with Crippen molar-refractivity contribution in [2.75, 3.05) is 5.32 Å². The van der Waals surface area contributed by atoms with Crippen LogP contribution in [0.1, 0.15) is 48.6 Å². The van der Waals surface area contributed by atoms with Gasteiger partial charge in [0.2, 0.25) is 0 Å². The fraction of sp³-hybridized carbons (Fsp3) is 0.292. The van der Waals surface area contributed by atoms with Crippen molar-refractivity contribution in [2.45, 2.75) is 39.5 Å². The van der Waals surface area contributed by atoms with Gasteiger partial charge in [0.1, 0.15) is 0 Å². The molecule has 0 bridgehead atoms. The van der Waals surface area contributed by atoms with E-state index in [4.69, 9.17) is 0 Å². The Balaban J connectivity index is 1.84. The first-order valence-corrected chi connectivity index (χ1v) is 10.4. The van der Waals surface area contributed by atoms with Crippen molar-refractivity contribution in [3.05, 3.63) is 75.1 Å². The molecular formula is C24H23NOS. The van der Waals surface area contributed by atoms with Gasteiger partial charge in [-0.2, -0.15) is 0 Å². The Hall–Kier alpha value is -2.39. The van der Waals surface area contributed by atoms with Crippen LogP contribution in [-0.4, -0.2) is 5.78 Å². The molecule has 1 aliphatic heterocycles. The first kappa shape index (κ1) is 16.8. The molecule has 1 atom stereocenters. The topological polar surface area (TPSA) is 29.1 Å². The number of hydrogen-bond acceptors (Lipinski definition) is 3. The van der Waals surface area contributed by atoms with Crippen molar-refractivity contribution in [1.82, 2.24) is 0 Å². The summed E-state index contributed by atoms with van der Waals surface area (Å²) in [6, 6.07) is 15.1. The highest BCUT2D eigenvalue weighted by atomic mass is 32.1. The van der Waals surface area contributed by atoms with Crippen molar-refractivity contribution in [3.8, 4) is 0 Å². The van der Waals surface area contributed by atoms with Crippen molar-refractivity contribution < 1.29 is 4.79 Å². The Labute approximate surface area is 163 Å². The van der Waals surface area contributed by atoms with Crippen LogP contribution in [0.25, 0.3) is 10.8 Å². The molecule has 3 heteroatoms. The van der Waals surface area contributed by atoms with E-state index < -0.39 is 0 Å². The predicted octanol–water partition coefficient (Wildman–Crippen LogP) is 6.41. The molecule has 5 rings (SSSR count). The van der Waals surface area contributed by atoms with Gasteiger partial charge in [0.15, 0.2) is 5.78 Å². The molecule has 1 aromatic heterocycles. The van der Waals surface area contributed by atoms with E-state index in [1.807, 2.05) is 0 Å². The van der Waals surface area contributed by atoms with E-state index in [1.54, 1.807) is 11.3 Å². The number of thiophene rings is 1. The van der Waals surface area contributed by atoms with Crippen LogP contribution in [0.3, 0.4) is 0 Å². The highest BCUT2D eigenvalue weighted by molar-refractivity contribution is 7.10. The molecule has 0 radical (unpaired) electrons. The number of aryl methyl sites for hydroxylation is 1. The van der Waals surface area contributed by atoms with Crippen molar-refractivity contribution in [3.63, 3.8) is 0 Å². The third-order valence-electron chi connectivity index (χ3n) is 5.92. The third-order valence-corrected chi connectivity index (χ3v) is 7.00. The lowest BCUT2D eigenvalue weighted by Gasteiger charge is -2.39. The summed E-state index contributed by atoms with van der Waals surface area (Å²) in [5.41, 5.74) is 5.80. The van der Waals surface area contributed by atoms with E-state index in [0.717, 1.165) is 23.4 Å². The standard InChI is InChI=1S/C24H23NOS/c1-14-10-11-27-23(14)22-20-16-7-5-4-6-15(16)8-9-17(20)25-18-12-24(2,3)13-19(26)21(18)22/h4-11,22,25H,12-13H2,1-3H3. The average Bonchev–Trinajstić information content (AvgIpc) is 3.04. The maximum absolute atomic E-state index is 13.3. The Kier molecular flexibility index (Phi) is 3.60. The summed E-state index contributed by atoms with van der Waals surface area (Å²) < 4.78 is 0. The second-order valence-electron chi connectivity index (χ2n) is 8.61. The van der Waals surface area contributed by atoms with Crippen LogP contribution in [0, 0.1) is 12.3 Å². The zero-order valence-corrected chi connectivity index (χ0v) is 16.7. The van der Waals surface area contributed by atoms with Gasteiger partial charge in [-0.05, 0) is 58.2 Å². The normalized spacial score (nSPS) is 21.0. The second-order valence-corrected chi connectivity index (χ2v) is 9.55. The SMILES string of the molecule is Cc1ccsc1C1C2=C(CC(C)(C)CC2=O)Nc2ccc3ccccc3c21. The molecular weight excluding hydrogens is 350 g/mol. The highest BCUT2D eigenvalue weighted by Gasteiger charge is 2.41. The average molecular weight is 374 g/mol. The number of carbonyl (C=O) groups excluding carboxylic acids is 1. The van der Waals surface area contributed by atoms with E-state index in [0.29, 0.717) is 12.2 Å². The number of nitrogens with one attached hydrogen (secondary N) is 1. The third kappa shape index (κ3) is 2.56. The number of anilines is 1. The Morgan fingerprint density at radius 1 is 1.07 bits per heavy atom. The number of Topliss-reactive ketones (excluding diaryl/α,β-unsaturated/α-hetero) is 1. The summed E-state index contributed by atoms with van der Waals surface area (Å²) in [7, 11) is 0. The molecule has 1 aliphatic carbocycles. The molecule has 1 unspecified atom stereocenters. The fourth-order valence-corrected chi connectivity index (χ4v) is 5.79. The summed E-state index contributed by atoms with van der Waals surface area (Å²) in [6.45, 7) is 6.55.